The second-order valence-corrected chi connectivity index (χ2v) is 6.61. The molecule has 0 spiro atoms. The van der Waals surface area contributed by atoms with Gasteiger partial charge in [-0.3, -0.25) is 0 Å². The fourth-order valence-electron chi connectivity index (χ4n) is 1.77. The molecule has 0 N–H and O–H groups in total. The standard InChI is InChI=1S/C15H15F2NO3S/c1-18(9-10-21-15-8-3-2-7-14(15)17)22(19,20)13-6-4-5-12(16)11-13/h2-8,11H,9-10H2,1H3. The van der Waals surface area contributed by atoms with Crippen LogP contribution in [0.15, 0.2) is 53.4 Å². The molecule has 0 amide bonds. The average Bonchev–Trinajstić information content (AvgIpc) is 2.49. The van der Waals surface area contributed by atoms with E-state index < -0.39 is 21.7 Å². The highest BCUT2D eigenvalue weighted by Crippen LogP contribution is 2.17. The van der Waals surface area contributed by atoms with Crippen molar-refractivity contribution < 1.29 is 21.9 Å². The average molecular weight is 327 g/mol. The first-order chi connectivity index (χ1) is 10.4. The van der Waals surface area contributed by atoms with Crippen LogP contribution in [0.3, 0.4) is 0 Å². The highest BCUT2D eigenvalue weighted by Gasteiger charge is 2.21. The molecule has 0 heterocycles. The maximum absolute atomic E-state index is 13.4. The molecule has 0 aliphatic carbocycles. The summed E-state index contributed by atoms with van der Waals surface area (Å²) in [6, 6.07) is 10.6. The molecule has 0 bridgehead atoms. The van der Waals surface area contributed by atoms with E-state index in [1.165, 1.54) is 43.4 Å². The van der Waals surface area contributed by atoms with Crippen LogP contribution in [0.1, 0.15) is 0 Å². The molecule has 2 aromatic carbocycles. The fraction of sp³-hybridized carbons (Fsp3) is 0.200. The largest absolute Gasteiger partial charge is 0.489 e. The van der Waals surface area contributed by atoms with E-state index in [9.17, 15) is 17.2 Å². The van der Waals surface area contributed by atoms with Crippen molar-refractivity contribution in [2.24, 2.45) is 0 Å². The molecule has 0 radical (unpaired) electrons. The molecule has 22 heavy (non-hydrogen) atoms. The highest BCUT2D eigenvalue weighted by atomic mass is 32.2. The zero-order chi connectivity index (χ0) is 16.2. The van der Waals surface area contributed by atoms with E-state index in [2.05, 4.69) is 0 Å². The molecule has 2 aromatic rings. The van der Waals surface area contributed by atoms with Gasteiger partial charge in [-0.2, -0.15) is 4.31 Å². The number of rotatable bonds is 6. The minimum absolute atomic E-state index is 0.00712. The van der Waals surface area contributed by atoms with Crippen molar-refractivity contribution in [3.8, 4) is 5.75 Å². The molecule has 0 saturated heterocycles. The Morgan fingerprint density at radius 1 is 1.09 bits per heavy atom. The summed E-state index contributed by atoms with van der Waals surface area (Å²) in [6.45, 7) is -0.0147. The number of benzene rings is 2. The van der Waals surface area contributed by atoms with Crippen LogP contribution in [0.5, 0.6) is 5.75 Å². The van der Waals surface area contributed by atoms with Crippen LogP contribution in [0.4, 0.5) is 8.78 Å². The molecule has 0 aliphatic heterocycles. The molecule has 0 fully saturated rings. The lowest BCUT2D eigenvalue weighted by Gasteiger charge is -2.17. The van der Waals surface area contributed by atoms with Crippen molar-refractivity contribution in [3.63, 3.8) is 0 Å². The summed E-state index contributed by atoms with van der Waals surface area (Å²) in [6.07, 6.45) is 0. The molecule has 0 saturated carbocycles. The number of sulfonamides is 1. The van der Waals surface area contributed by atoms with Crippen LogP contribution in [0, 0.1) is 11.6 Å². The molecule has 7 heteroatoms. The molecule has 0 aromatic heterocycles. The van der Waals surface area contributed by atoms with Crippen LogP contribution in [0.25, 0.3) is 0 Å². The first-order valence-electron chi connectivity index (χ1n) is 6.50. The van der Waals surface area contributed by atoms with Crippen molar-refractivity contribution in [2.75, 3.05) is 20.2 Å². The molecular weight excluding hydrogens is 312 g/mol. The number of hydrogen-bond donors (Lipinski definition) is 0. The quantitative estimate of drug-likeness (QED) is 0.819. The Balaban J connectivity index is 2.00. The van der Waals surface area contributed by atoms with E-state index in [0.29, 0.717) is 0 Å². The number of hydrogen-bond acceptors (Lipinski definition) is 3. The van der Waals surface area contributed by atoms with E-state index >= 15 is 0 Å². The van der Waals surface area contributed by atoms with Crippen molar-refractivity contribution in [1.29, 1.82) is 0 Å². The zero-order valence-electron chi connectivity index (χ0n) is 11.9. The lowest BCUT2D eigenvalue weighted by atomic mass is 10.3. The van der Waals surface area contributed by atoms with E-state index in [1.54, 1.807) is 6.07 Å². The van der Waals surface area contributed by atoms with Gasteiger partial charge < -0.3 is 4.74 Å². The van der Waals surface area contributed by atoms with Crippen LogP contribution in [-0.4, -0.2) is 32.9 Å². The molecule has 0 atom stereocenters. The maximum Gasteiger partial charge on any atom is 0.243 e. The van der Waals surface area contributed by atoms with Gasteiger partial charge in [0, 0.05) is 13.6 Å². The minimum Gasteiger partial charge on any atom is -0.489 e. The summed E-state index contributed by atoms with van der Waals surface area (Å²) in [7, 11) is -2.45. The van der Waals surface area contributed by atoms with Gasteiger partial charge in [-0.25, -0.2) is 17.2 Å². The Labute approximate surface area is 128 Å². The summed E-state index contributed by atoms with van der Waals surface area (Å²) in [5.74, 6) is -1.09. The van der Waals surface area contributed by atoms with Crippen molar-refractivity contribution in [1.82, 2.24) is 4.31 Å². The molecule has 4 nitrogen and oxygen atoms in total. The van der Waals surface area contributed by atoms with Gasteiger partial charge >= 0.3 is 0 Å². The Morgan fingerprint density at radius 3 is 2.50 bits per heavy atom. The maximum atomic E-state index is 13.4. The number of nitrogens with zero attached hydrogens (tertiary/aromatic N) is 1. The van der Waals surface area contributed by atoms with Gasteiger partial charge in [0.1, 0.15) is 12.4 Å². The van der Waals surface area contributed by atoms with Gasteiger partial charge in [0.05, 0.1) is 4.90 Å². The number of likely N-dealkylation sites (N-methyl/N-ethyl adjacent to an activating group) is 1. The lowest BCUT2D eigenvalue weighted by molar-refractivity contribution is 0.275. The predicted octanol–water partition coefficient (Wildman–Crippen LogP) is 2.66. The smallest absolute Gasteiger partial charge is 0.243 e. The SMILES string of the molecule is CN(CCOc1ccccc1F)S(=O)(=O)c1cccc(F)c1. The molecular formula is C15H15F2NO3S. The predicted molar refractivity (Wildman–Crippen MR) is 78.1 cm³/mol. The summed E-state index contributed by atoms with van der Waals surface area (Å²) in [5.41, 5.74) is 0. The molecule has 0 aliphatic rings. The van der Waals surface area contributed by atoms with Gasteiger partial charge in [-0.05, 0) is 30.3 Å². The Bertz CT molecular complexity index is 750. The summed E-state index contributed by atoms with van der Waals surface area (Å²) in [5, 5.41) is 0. The van der Waals surface area contributed by atoms with Crippen LogP contribution < -0.4 is 4.74 Å². The highest BCUT2D eigenvalue weighted by molar-refractivity contribution is 7.89. The van der Waals surface area contributed by atoms with E-state index in [1.807, 2.05) is 0 Å². The Hall–Kier alpha value is -1.99. The van der Waals surface area contributed by atoms with E-state index in [4.69, 9.17) is 4.74 Å². The summed E-state index contributed by atoms with van der Waals surface area (Å²) >= 11 is 0. The Kier molecular flexibility index (Phi) is 5.10. The number of ether oxygens (including phenoxy) is 1. The third kappa shape index (κ3) is 3.80. The third-order valence-corrected chi connectivity index (χ3v) is 4.86. The fourth-order valence-corrected chi connectivity index (χ4v) is 2.96. The second-order valence-electron chi connectivity index (χ2n) is 4.56. The second kappa shape index (κ2) is 6.85. The summed E-state index contributed by atoms with van der Waals surface area (Å²) in [4.78, 5) is -0.138. The normalized spacial score (nSPS) is 11.6. The van der Waals surface area contributed by atoms with Crippen molar-refractivity contribution in [2.45, 2.75) is 4.90 Å². The van der Waals surface area contributed by atoms with Crippen molar-refractivity contribution in [3.05, 3.63) is 60.2 Å². The lowest BCUT2D eigenvalue weighted by Crippen LogP contribution is -2.31. The molecule has 2 rings (SSSR count). The van der Waals surface area contributed by atoms with Gasteiger partial charge in [0.25, 0.3) is 0 Å². The Morgan fingerprint density at radius 2 is 1.82 bits per heavy atom. The van der Waals surface area contributed by atoms with Crippen LogP contribution in [-0.2, 0) is 10.0 Å². The van der Waals surface area contributed by atoms with E-state index in [0.717, 1.165) is 10.4 Å². The monoisotopic (exact) mass is 327 g/mol. The van der Waals surface area contributed by atoms with Crippen LogP contribution >= 0.6 is 0 Å². The molecule has 118 valence electrons. The third-order valence-electron chi connectivity index (χ3n) is 3.00. The van der Waals surface area contributed by atoms with E-state index in [-0.39, 0.29) is 23.8 Å². The first-order valence-corrected chi connectivity index (χ1v) is 7.94. The van der Waals surface area contributed by atoms with Gasteiger partial charge in [-0.1, -0.05) is 18.2 Å². The van der Waals surface area contributed by atoms with Gasteiger partial charge in [0.2, 0.25) is 10.0 Å². The van der Waals surface area contributed by atoms with Gasteiger partial charge in [-0.15, -0.1) is 0 Å². The zero-order valence-corrected chi connectivity index (χ0v) is 12.7. The number of halogens is 2. The minimum atomic E-state index is -3.81. The first kappa shape index (κ1) is 16.4. The topological polar surface area (TPSA) is 46.6 Å². The van der Waals surface area contributed by atoms with Crippen molar-refractivity contribution >= 4 is 10.0 Å². The van der Waals surface area contributed by atoms with Gasteiger partial charge in [0.15, 0.2) is 11.6 Å². The van der Waals surface area contributed by atoms with Crippen LogP contribution in [0.2, 0.25) is 0 Å². The summed E-state index contributed by atoms with van der Waals surface area (Å²) < 4.78 is 57.2. The number of para-hydroxylation sites is 1. The molecule has 0 unspecified atom stereocenters.